The van der Waals surface area contributed by atoms with E-state index in [-0.39, 0.29) is 11.9 Å². The summed E-state index contributed by atoms with van der Waals surface area (Å²) in [4.78, 5) is 15.0. The SMILES string of the molecule is CCN(CC)CC(Cc1ccc(OCc2ccccc2)cc1)NC(=O)C(N)CC(C)C. The molecule has 0 radical (unpaired) electrons. The Morgan fingerprint density at radius 2 is 1.65 bits per heavy atom. The van der Waals surface area contributed by atoms with Crippen molar-refractivity contribution in [1.29, 1.82) is 0 Å². The topological polar surface area (TPSA) is 67.6 Å². The zero-order valence-corrected chi connectivity index (χ0v) is 19.5. The van der Waals surface area contributed by atoms with Crippen LogP contribution in [0.5, 0.6) is 5.75 Å². The first kappa shape index (κ1) is 24.9. The zero-order chi connectivity index (χ0) is 22.6. The van der Waals surface area contributed by atoms with E-state index in [1.165, 1.54) is 5.56 Å². The number of nitrogens with one attached hydrogen (secondary N) is 1. The highest BCUT2D eigenvalue weighted by atomic mass is 16.5. The molecule has 31 heavy (non-hydrogen) atoms. The highest BCUT2D eigenvalue weighted by Crippen LogP contribution is 2.16. The third-order valence-electron chi connectivity index (χ3n) is 5.44. The van der Waals surface area contributed by atoms with Gasteiger partial charge in [0.25, 0.3) is 0 Å². The summed E-state index contributed by atoms with van der Waals surface area (Å²) in [7, 11) is 0. The van der Waals surface area contributed by atoms with Crippen LogP contribution in [0.4, 0.5) is 0 Å². The monoisotopic (exact) mass is 425 g/mol. The third-order valence-corrected chi connectivity index (χ3v) is 5.44. The van der Waals surface area contributed by atoms with E-state index in [9.17, 15) is 4.79 Å². The van der Waals surface area contributed by atoms with Gasteiger partial charge in [0.15, 0.2) is 0 Å². The number of hydrogen-bond acceptors (Lipinski definition) is 4. The van der Waals surface area contributed by atoms with Gasteiger partial charge in [-0.15, -0.1) is 0 Å². The molecule has 0 bridgehead atoms. The number of nitrogens with two attached hydrogens (primary N) is 1. The van der Waals surface area contributed by atoms with Crippen molar-refractivity contribution < 1.29 is 9.53 Å². The number of rotatable bonds is 13. The molecule has 5 nitrogen and oxygen atoms in total. The second-order valence-corrected chi connectivity index (χ2v) is 8.55. The lowest BCUT2D eigenvalue weighted by Crippen LogP contribution is -2.50. The molecule has 2 aromatic rings. The van der Waals surface area contributed by atoms with E-state index in [1.807, 2.05) is 30.3 Å². The fourth-order valence-electron chi connectivity index (χ4n) is 3.63. The summed E-state index contributed by atoms with van der Waals surface area (Å²) < 4.78 is 5.89. The highest BCUT2D eigenvalue weighted by molar-refractivity contribution is 5.81. The van der Waals surface area contributed by atoms with Crippen LogP contribution >= 0.6 is 0 Å². The van der Waals surface area contributed by atoms with Crippen LogP contribution in [0.3, 0.4) is 0 Å². The Kier molecular flexibility index (Phi) is 10.5. The fourth-order valence-corrected chi connectivity index (χ4v) is 3.63. The largest absolute Gasteiger partial charge is 0.489 e. The van der Waals surface area contributed by atoms with Gasteiger partial charge < -0.3 is 20.7 Å². The Morgan fingerprint density at radius 1 is 1.00 bits per heavy atom. The summed E-state index contributed by atoms with van der Waals surface area (Å²) in [5.41, 5.74) is 8.43. The van der Waals surface area contributed by atoms with Crippen LogP contribution in [0.15, 0.2) is 54.6 Å². The number of hydrogen-bond donors (Lipinski definition) is 2. The van der Waals surface area contributed by atoms with Gasteiger partial charge in [0.05, 0.1) is 6.04 Å². The summed E-state index contributed by atoms with van der Waals surface area (Å²) in [6, 6.07) is 17.8. The van der Waals surface area contributed by atoms with E-state index in [4.69, 9.17) is 10.5 Å². The van der Waals surface area contributed by atoms with E-state index in [1.54, 1.807) is 0 Å². The van der Waals surface area contributed by atoms with Gasteiger partial charge in [0, 0.05) is 12.6 Å². The molecule has 3 N–H and O–H groups in total. The summed E-state index contributed by atoms with van der Waals surface area (Å²) in [6.07, 6.45) is 1.45. The van der Waals surface area contributed by atoms with Gasteiger partial charge in [0.1, 0.15) is 12.4 Å². The maximum atomic E-state index is 12.6. The summed E-state index contributed by atoms with van der Waals surface area (Å²) in [5, 5.41) is 3.19. The lowest BCUT2D eigenvalue weighted by Gasteiger charge is -2.27. The molecule has 0 aliphatic carbocycles. The molecule has 0 saturated heterocycles. The van der Waals surface area contributed by atoms with Crippen molar-refractivity contribution in [2.24, 2.45) is 11.7 Å². The molecule has 1 amide bonds. The van der Waals surface area contributed by atoms with Crippen LogP contribution in [0.1, 0.15) is 45.2 Å². The van der Waals surface area contributed by atoms with Crippen molar-refractivity contribution in [1.82, 2.24) is 10.2 Å². The molecule has 2 atom stereocenters. The van der Waals surface area contributed by atoms with Crippen LogP contribution in [0, 0.1) is 5.92 Å². The van der Waals surface area contributed by atoms with Gasteiger partial charge in [0.2, 0.25) is 5.91 Å². The summed E-state index contributed by atoms with van der Waals surface area (Å²) in [6.45, 7) is 11.7. The van der Waals surface area contributed by atoms with Crippen LogP contribution in [-0.4, -0.2) is 42.5 Å². The second kappa shape index (κ2) is 13.1. The first-order valence-electron chi connectivity index (χ1n) is 11.4. The van der Waals surface area contributed by atoms with Crippen molar-refractivity contribution in [3.05, 3.63) is 65.7 Å². The molecular formula is C26H39N3O2. The smallest absolute Gasteiger partial charge is 0.237 e. The summed E-state index contributed by atoms with van der Waals surface area (Å²) in [5.74, 6) is 1.18. The van der Waals surface area contributed by atoms with Gasteiger partial charge in [-0.25, -0.2) is 0 Å². The maximum absolute atomic E-state index is 12.6. The molecular weight excluding hydrogens is 386 g/mol. The molecule has 170 valence electrons. The quantitative estimate of drug-likeness (QED) is 0.509. The van der Waals surface area contributed by atoms with Crippen LogP contribution in [-0.2, 0) is 17.8 Å². The molecule has 0 heterocycles. The highest BCUT2D eigenvalue weighted by Gasteiger charge is 2.21. The average molecular weight is 426 g/mol. The number of carbonyl (C=O) groups is 1. The molecule has 2 unspecified atom stereocenters. The minimum absolute atomic E-state index is 0.0155. The molecule has 5 heteroatoms. The van der Waals surface area contributed by atoms with Crippen LogP contribution in [0.2, 0.25) is 0 Å². The maximum Gasteiger partial charge on any atom is 0.237 e. The van der Waals surface area contributed by atoms with Crippen molar-refractivity contribution in [2.75, 3.05) is 19.6 Å². The third kappa shape index (κ3) is 9.11. The van der Waals surface area contributed by atoms with E-state index >= 15 is 0 Å². The predicted molar refractivity (Wildman–Crippen MR) is 128 cm³/mol. The second-order valence-electron chi connectivity index (χ2n) is 8.55. The Balaban J connectivity index is 1.98. The zero-order valence-electron chi connectivity index (χ0n) is 19.5. The molecule has 0 aromatic heterocycles. The lowest BCUT2D eigenvalue weighted by atomic mass is 10.0. The van der Waals surface area contributed by atoms with Crippen molar-refractivity contribution in [3.63, 3.8) is 0 Å². The average Bonchev–Trinajstić information content (AvgIpc) is 2.77. The van der Waals surface area contributed by atoms with Crippen molar-refractivity contribution in [3.8, 4) is 5.75 Å². The molecule has 2 rings (SSSR count). The molecule has 0 spiro atoms. The number of amides is 1. The Morgan fingerprint density at radius 3 is 2.23 bits per heavy atom. The van der Waals surface area contributed by atoms with E-state index in [0.29, 0.717) is 18.9 Å². The van der Waals surface area contributed by atoms with Crippen molar-refractivity contribution in [2.45, 2.75) is 59.2 Å². The Bertz CT molecular complexity index is 758. The Hall–Kier alpha value is -2.37. The normalized spacial score (nSPS) is 13.3. The Labute approximate surface area is 188 Å². The van der Waals surface area contributed by atoms with Crippen LogP contribution in [0.25, 0.3) is 0 Å². The number of ether oxygens (including phenoxy) is 1. The summed E-state index contributed by atoms with van der Waals surface area (Å²) >= 11 is 0. The van der Waals surface area contributed by atoms with Crippen LogP contribution < -0.4 is 15.8 Å². The van der Waals surface area contributed by atoms with Gasteiger partial charge in [-0.05, 0) is 55.1 Å². The van der Waals surface area contributed by atoms with Gasteiger partial charge >= 0.3 is 0 Å². The molecule has 0 saturated carbocycles. The number of likely N-dealkylation sites (N-methyl/N-ethyl adjacent to an activating group) is 1. The first-order valence-corrected chi connectivity index (χ1v) is 11.4. The minimum Gasteiger partial charge on any atom is -0.489 e. The minimum atomic E-state index is -0.465. The number of nitrogens with zero attached hydrogens (tertiary/aromatic N) is 1. The number of carbonyl (C=O) groups excluding carboxylic acids is 1. The van der Waals surface area contributed by atoms with E-state index in [2.05, 4.69) is 62.2 Å². The number of benzene rings is 2. The lowest BCUT2D eigenvalue weighted by molar-refractivity contribution is -0.123. The van der Waals surface area contributed by atoms with Gasteiger partial charge in [-0.2, -0.15) is 0 Å². The van der Waals surface area contributed by atoms with E-state index in [0.717, 1.165) is 37.4 Å². The standard InChI is InChI=1S/C26H39N3O2/c1-5-29(6-2)18-23(28-26(30)25(27)16-20(3)4)17-21-12-14-24(15-13-21)31-19-22-10-8-7-9-11-22/h7-15,20,23,25H,5-6,16-19,27H2,1-4H3,(H,28,30). The molecule has 0 aliphatic heterocycles. The van der Waals surface area contributed by atoms with Gasteiger partial charge in [-0.1, -0.05) is 70.2 Å². The molecule has 0 fully saturated rings. The van der Waals surface area contributed by atoms with E-state index < -0.39 is 6.04 Å². The van der Waals surface area contributed by atoms with Gasteiger partial charge in [-0.3, -0.25) is 4.79 Å². The fraction of sp³-hybridized carbons (Fsp3) is 0.500. The van der Waals surface area contributed by atoms with Crippen molar-refractivity contribution >= 4 is 5.91 Å². The molecule has 2 aromatic carbocycles. The first-order chi connectivity index (χ1) is 14.9. The molecule has 0 aliphatic rings. The predicted octanol–water partition coefficient (Wildman–Crippen LogP) is 4.01.